The zero-order chi connectivity index (χ0) is 12.4. The van der Waals surface area contributed by atoms with E-state index in [1.165, 1.54) is 0 Å². The first-order chi connectivity index (χ1) is 7.69. The molecule has 0 spiro atoms. The van der Waals surface area contributed by atoms with Crippen molar-refractivity contribution in [3.8, 4) is 0 Å². The minimum atomic E-state index is 0.126. The van der Waals surface area contributed by atoms with Crippen LogP contribution in [0.25, 0.3) is 0 Å². The van der Waals surface area contributed by atoms with Crippen LogP contribution in [0, 0.1) is 0 Å². The summed E-state index contributed by atoms with van der Waals surface area (Å²) < 4.78 is 0. The Morgan fingerprint density at radius 2 is 1.94 bits per heavy atom. The second kappa shape index (κ2) is 8.96. The normalized spacial score (nSPS) is 11.1. The zero-order valence-electron chi connectivity index (χ0n) is 10.4. The molecule has 0 fully saturated rings. The number of aliphatic imine (C=N–C) groups is 1. The van der Waals surface area contributed by atoms with Gasteiger partial charge < -0.3 is 10.2 Å². The van der Waals surface area contributed by atoms with Crippen molar-refractivity contribution in [2.75, 3.05) is 26.2 Å². The molecule has 0 aliphatic rings. The molecule has 6 nitrogen and oxygen atoms in total. The summed E-state index contributed by atoms with van der Waals surface area (Å²) in [6.07, 6.45) is 0.415. The fraction of sp³-hybridized carbons (Fsp3) is 0.800. The van der Waals surface area contributed by atoms with Gasteiger partial charge in [0.25, 0.3) is 0 Å². The molecule has 6 heteroatoms. The van der Waals surface area contributed by atoms with Gasteiger partial charge in [0.05, 0.1) is 6.54 Å². The summed E-state index contributed by atoms with van der Waals surface area (Å²) in [4.78, 5) is 17.6. The zero-order valence-corrected chi connectivity index (χ0v) is 10.4. The summed E-state index contributed by atoms with van der Waals surface area (Å²) in [6, 6.07) is 0. The van der Waals surface area contributed by atoms with Crippen molar-refractivity contribution < 1.29 is 4.79 Å². The third-order valence-corrected chi connectivity index (χ3v) is 2.19. The number of carbonyl (C=O) groups is 1. The molecule has 16 heavy (non-hydrogen) atoms. The third kappa shape index (κ3) is 5.55. The summed E-state index contributed by atoms with van der Waals surface area (Å²) in [5.41, 5.74) is 2.45. The van der Waals surface area contributed by atoms with E-state index in [2.05, 4.69) is 15.7 Å². The number of rotatable bonds is 6. The summed E-state index contributed by atoms with van der Waals surface area (Å²) in [5, 5.41) is 2.95. The van der Waals surface area contributed by atoms with Crippen molar-refractivity contribution in [3.05, 3.63) is 0 Å². The smallest absolute Gasteiger partial charge is 0.224 e. The van der Waals surface area contributed by atoms with Crippen LogP contribution in [-0.2, 0) is 4.79 Å². The lowest BCUT2D eigenvalue weighted by Gasteiger charge is -2.17. The van der Waals surface area contributed by atoms with E-state index in [0.29, 0.717) is 18.9 Å². The number of nitrogens with two attached hydrogens (primary N) is 1. The first-order valence-electron chi connectivity index (χ1n) is 5.72. The van der Waals surface area contributed by atoms with Crippen LogP contribution in [0.5, 0.6) is 0 Å². The second-order valence-electron chi connectivity index (χ2n) is 3.22. The monoisotopic (exact) mass is 229 g/mol. The molecule has 0 bridgehead atoms. The fourth-order valence-electron chi connectivity index (χ4n) is 1.32. The van der Waals surface area contributed by atoms with Gasteiger partial charge in [0.1, 0.15) is 0 Å². The summed E-state index contributed by atoms with van der Waals surface area (Å²) in [7, 11) is 0. The molecule has 0 aromatic carbocycles. The van der Waals surface area contributed by atoms with Crippen LogP contribution in [0.3, 0.4) is 0 Å². The van der Waals surface area contributed by atoms with Crippen LogP contribution >= 0.6 is 0 Å². The Morgan fingerprint density at radius 1 is 1.31 bits per heavy atom. The lowest BCUT2D eigenvalue weighted by molar-refractivity contribution is -0.130. The number of hydrazine groups is 1. The molecular weight excluding hydrogens is 206 g/mol. The molecule has 94 valence electrons. The quantitative estimate of drug-likeness (QED) is 0.252. The molecule has 0 aromatic heterocycles. The highest BCUT2D eigenvalue weighted by molar-refractivity contribution is 5.80. The predicted molar refractivity (Wildman–Crippen MR) is 65.8 cm³/mol. The third-order valence-electron chi connectivity index (χ3n) is 2.19. The molecule has 0 aliphatic heterocycles. The lowest BCUT2D eigenvalue weighted by atomic mass is 10.3. The van der Waals surface area contributed by atoms with Crippen LogP contribution in [0.15, 0.2) is 4.99 Å². The molecule has 0 saturated carbocycles. The van der Waals surface area contributed by atoms with Crippen LogP contribution in [0.1, 0.15) is 27.2 Å². The van der Waals surface area contributed by atoms with Crippen LogP contribution in [-0.4, -0.2) is 42.9 Å². The largest absolute Gasteiger partial charge is 0.356 e. The van der Waals surface area contributed by atoms with Gasteiger partial charge in [0.15, 0.2) is 0 Å². The molecule has 0 saturated heterocycles. The van der Waals surface area contributed by atoms with Crippen molar-refractivity contribution in [1.29, 1.82) is 0 Å². The van der Waals surface area contributed by atoms with Crippen LogP contribution in [0.4, 0.5) is 0 Å². The lowest BCUT2D eigenvalue weighted by Crippen LogP contribution is -2.41. The van der Waals surface area contributed by atoms with Crippen LogP contribution in [0.2, 0.25) is 0 Å². The standard InChI is InChI=1S/C10H23N5O/c1-4-12-10(14-11)13-8-7-9(16)15(5-2)6-3/h4-8,11H2,1-3H3,(H2,12,13,14). The predicted octanol–water partition coefficient (Wildman–Crippen LogP) is -0.326. The van der Waals surface area contributed by atoms with Gasteiger partial charge in [-0.15, -0.1) is 0 Å². The molecule has 4 N–H and O–H groups in total. The van der Waals surface area contributed by atoms with Crippen molar-refractivity contribution in [2.45, 2.75) is 27.2 Å². The molecule has 1 amide bonds. The Kier molecular flexibility index (Phi) is 8.24. The Labute approximate surface area is 97.3 Å². The molecule has 0 heterocycles. The number of nitrogens with one attached hydrogen (secondary N) is 2. The van der Waals surface area contributed by atoms with E-state index in [9.17, 15) is 4.79 Å². The van der Waals surface area contributed by atoms with Gasteiger partial charge in [-0.3, -0.25) is 15.2 Å². The molecule has 0 aliphatic carbocycles. The van der Waals surface area contributed by atoms with Crippen LogP contribution < -0.4 is 16.6 Å². The highest BCUT2D eigenvalue weighted by Crippen LogP contribution is 1.94. The molecule has 0 rings (SSSR count). The van der Waals surface area contributed by atoms with E-state index in [0.717, 1.165) is 19.6 Å². The Hall–Kier alpha value is -1.30. The fourth-order valence-corrected chi connectivity index (χ4v) is 1.32. The van der Waals surface area contributed by atoms with E-state index in [1.54, 1.807) is 4.90 Å². The van der Waals surface area contributed by atoms with Gasteiger partial charge in [0.2, 0.25) is 11.9 Å². The van der Waals surface area contributed by atoms with E-state index in [1.807, 2.05) is 20.8 Å². The Morgan fingerprint density at radius 3 is 2.38 bits per heavy atom. The average molecular weight is 229 g/mol. The highest BCUT2D eigenvalue weighted by Gasteiger charge is 2.08. The summed E-state index contributed by atoms with van der Waals surface area (Å²) in [5.74, 6) is 5.90. The van der Waals surface area contributed by atoms with E-state index in [-0.39, 0.29) is 5.91 Å². The van der Waals surface area contributed by atoms with Gasteiger partial charge in [0, 0.05) is 26.1 Å². The Bertz CT molecular complexity index is 225. The SMILES string of the molecule is CCNC(=NCCC(=O)N(CC)CC)NN. The second-order valence-corrected chi connectivity index (χ2v) is 3.22. The maximum atomic E-state index is 11.6. The maximum absolute atomic E-state index is 11.6. The topological polar surface area (TPSA) is 82.8 Å². The molecule has 0 unspecified atom stereocenters. The van der Waals surface area contributed by atoms with Gasteiger partial charge in [-0.25, -0.2) is 5.84 Å². The maximum Gasteiger partial charge on any atom is 0.224 e. The van der Waals surface area contributed by atoms with Crippen molar-refractivity contribution in [2.24, 2.45) is 10.8 Å². The van der Waals surface area contributed by atoms with Gasteiger partial charge in [-0.2, -0.15) is 0 Å². The molecule has 0 radical (unpaired) electrons. The van der Waals surface area contributed by atoms with Crippen molar-refractivity contribution in [3.63, 3.8) is 0 Å². The molecular formula is C10H23N5O. The number of hydrogen-bond acceptors (Lipinski definition) is 3. The van der Waals surface area contributed by atoms with Crippen molar-refractivity contribution in [1.82, 2.24) is 15.6 Å². The average Bonchev–Trinajstić information content (AvgIpc) is 2.29. The van der Waals surface area contributed by atoms with Gasteiger partial charge in [-0.1, -0.05) is 0 Å². The summed E-state index contributed by atoms with van der Waals surface area (Å²) >= 11 is 0. The Balaban J connectivity index is 3.99. The number of carbonyl (C=O) groups excluding carboxylic acids is 1. The molecule has 0 atom stereocenters. The number of nitrogens with zero attached hydrogens (tertiary/aromatic N) is 2. The number of hydrogen-bond donors (Lipinski definition) is 3. The first-order valence-corrected chi connectivity index (χ1v) is 5.72. The highest BCUT2D eigenvalue weighted by atomic mass is 16.2. The number of guanidine groups is 1. The minimum Gasteiger partial charge on any atom is -0.356 e. The summed E-state index contributed by atoms with van der Waals surface area (Å²) in [6.45, 7) is 8.57. The minimum absolute atomic E-state index is 0.126. The van der Waals surface area contributed by atoms with E-state index < -0.39 is 0 Å². The van der Waals surface area contributed by atoms with E-state index >= 15 is 0 Å². The van der Waals surface area contributed by atoms with Gasteiger partial charge in [-0.05, 0) is 20.8 Å². The van der Waals surface area contributed by atoms with Gasteiger partial charge >= 0.3 is 0 Å². The first kappa shape index (κ1) is 14.7. The number of amides is 1. The van der Waals surface area contributed by atoms with Crippen molar-refractivity contribution >= 4 is 11.9 Å². The molecule has 0 aromatic rings. The van der Waals surface area contributed by atoms with E-state index in [4.69, 9.17) is 5.84 Å².